The average Bonchev–Trinajstić information content (AvgIpc) is 2.97. The third-order valence-corrected chi connectivity index (χ3v) is 5.33. The van der Waals surface area contributed by atoms with Crippen LogP contribution in [0.3, 0.4) is 0 Å². The zero-order chi connectivity index (χ0) is 19.3. The van der Waals surface area contributed by atoms with Gasteiger partial charge in [-0.1, -0.05) is 25.7 Å². The molecule has 0 unspecified atom stereocenters. The SMILES string of the molecule is CCOC(=O)N1CCN(C(=NC)NCCCCOC2CCCCCC2)CC1.I. The molecule has 1 amide bonds. The zero-order valence-corrected chi connectivity index (χ0v) is 20.0. The highest BCUT2D eigenvalue weighted by molar-refractivity contribution is 14.0. The number of hydrogen-bond acceptors (Lipinski definition) is 4. The van der Waals surface area contributed by atoms with Gasteiger partial charge in [0.15, 0.2) is 5.96 Å². The summed E-state index contributed by atoms with van der Waals surface area (Å²) in [5, 5.41) is 3.44. The highest BCUT2D eigenvalue weighted by atomic mass is 127. The van der Waals surface area contributed by atoms with Crippen LogP contribution in [0.25, 0.3) is 0 Å². The summed E-state index contributed by atoms with van der Waals surface area (Å²) in [5.74, 6) is 0.920. The molecule has 2 rings (SSSR count). The normalized spacial score (nSPS) is 19.0. The lowest BCUT2D eigenvalue weighted by Crippen LogP contribution is -2.54. The third-order valence-electron chi connectivity index (χ3n) is 5.33. The van der Waals surface area contributed by atoms with Crippen LogP contribution in [0.5, 0.6) is 0 Å². The maximum Gasteiger partial charge on any atom is 0.409 e. The molecular weight excluding hydrogens is 471 g/mol. The number of unbranched alkanes of at least 4 members (excludes halogenated alkanes) is 1. The van der Waals surface area contributed by atoms with E-state index in [4.69, 9.17) is 9.47 Å². The van der Waals surface area contributed by atoms with Crippen LogP contribution in [0.2, 0.25) is 0 Å². The number of carbonyl (C=O) groups is 1. The largest absolute Gasteiger partial charge is 0.450 e. The van der Waals surface area contributed by atoms with Crippen molar-refractivity contribution in [2.75, 3.05) is 53.0 Å². The van der Waals surface area contributed by atoms with E-state index >= 15 is 0 Å². The Morgan fingerprint density at radius 2 is 1.68 bits per heavy atom. The molecule has 1 saturated carbocycles. The Bertz CT molecular complexity index is 449. The van der Waals surface area contributed by atoms with Gasteiger partial charge in [-0.3, -0.25) is 4.99 Å². The van der Waals surface area contributed by atoms with Gasteiger partial charge in [-0.05, 0) is 32.6 Å². The summed E-state index contributed by atoms with van der Waals surface area (Å²) in [6, 6.07) is 0. The van der Waals surface area contributed by atoms with E-state index < -0.39 is 0 Å². The number of hydrogen-bond donors (Lipinski definition) is 1. The molecule has 0 aromatic carbocycles. The first-order chi connectivity index (χ1) is 13.2. The molecule has 0 spiro atoms. The van der Waals surface area contributed by atoms with Crippen molar-refractivity contribution in [2.24, 2.45) is 4.99 Å². The molecule has 1 aliphatic carbocycles. The number of guanidine groups is 1. The van der Waals surface area contributed by atoms with Crippen molar-refractivity contribution < 1.29 is 14.3 Å². The molecule has 164 valence electrons. The fraction of sp³-hybridized carbons (Fsp3) is 0.900. The number of carbonyl (C=O) groups excluding carboxylic acids is 1. The van der Waals surface area contributed by atoms with Crippen LogP contribution in [-0.2, 0) is 9.47 Å². The number of rotatable bonds is 7. The second-order valence-electron chi connectivity index (χ2n) is 7.34. The lowest BCUT2D eigenvalue weighted by Gasteiger charge is -2.35. The lowest BCUT2D eigenvalue weighted by atomic mass is 10.1. The third kappa shape index (κ3) is 9.15. The summed E-state index contributed by atoms with van der Waals surface area (Å²) >= 11 is 0. The van der Waals surface area contributed by atoms with Crippen LogP contribution in [0, 0.1) is 0 Å². The van der Waals surface area contributed by atoms with Crippen LogP contribution in [0.15, 0.2) is 4.99 Å². The Labute approximate surface area is 187 Å². The van der Waals surface area contributed by atoms with Crippen molar-refractivity contribution >= 4 is 36.0 Å². The first kappa shape index (κ1) is 25.3. The molecule has 0 bridgehead atoms. The van der Waals surface area contributed by atoms with Crippen LogP contribution in [0.4, 0.5) is 4.79 Å². The number of amides is 1. The molecule has 1 aliphatic heterocycles. The van der Waals surface area contributed by atoms with Crippen molar-refractivity contribution in [1.29, 1.82) is 0 Å². The predicted molar refractivity (Wildman–Crippen MR) is 124 cm³/mol. The Morgan fingerprint density at radius 3 is 2.29 bits per heavy atom. The van der Waals surface area contributed by atoms with E-state index in [-0.39, 0.29) is 30.1 Å². The number of piperazine rings is 1. The van der Waals surface area contributed by atoms with Crippen molar-refractivity contribution in [3.63, 3.8) is 0 Å². The number of nitrogens with one attached hydrogen (secondary N) is 1. The van der Waals surface area contributed by atoms with Crippen molar-refractivity contribution in [3.05, 3.63) is 0 Å². The first-order valence-corrected chi connectivity index (χ1v) is 10.7. The monoisotopic (exact) mass is 510 g/mol. The minimum absolute atomic E-state index is 0. The molecular formula is C20H39IN4O3. The van der Waals surface area contributed by atoms with Gasteiger partial charge in [0.1, 0.15) is 0 Å². The van der Waals surface area contributed by atoms with E-state index in [2.05, 4.69) is 15.2 Å². The van der Waals surface area contributed by atoms with Crippen LogP contribution < -0.4 is 5.32 Å². The van der Waals surface area contributed by atoms with Gasteiger partial charge in [0.2, 0.25) is 0 Å². The average molecular weight is 510 g/mol. The summed E-state index contributed by atoms with van der Waals surface area (Å²) in [7, 11) is 1.81. The van der Waals surface area contributed by atoms with Crippen molar-refractivity contribution in [2.45, 2.75) is 64.4 Å². The van der Waals surface area contributed by atoms with Crippen LogP contribution in [-0.4, -0.2) is 80.9 Å². The maximum atomic E-state index is 11.8. The van der Waals surface area contributed by atoms with Gasteiger partial charge in [-0.15, -0.1) is 24.0 Å². The second kappa shape index (κ2) is 15.1. The molecule has 28 heavy (non-hydrogen) atoms. The number of ether oxygens (including phenoxy) is 2. The number of nitrogens with zero attached hydrogens (tertiary/aromatic N) is 3. The summed E-state index contributed by atoms with van der Waals surface area (Å²) < 4.78 is 11.1. The van der Waals surface area contributed by atoms with E-state index in [1.54, 1.807) is 4.90 Å². The fourth-order valence-corrected chi connectivity index (χ4v) is 3.73. The maximum absolute atomic E-state index is 11.8. The molecule has 0 aromatic rings. The van der Waals surface area contributed by atoms with Crippen molar-refractivity contribution in [3.8, 4) is 0 Å². The molecule has 2 aliphatic rings. The Morgan fingerprint density at radius 1 is 1.04 bits per heavy atom. The zero-order valence-electron chi connectivity index (χ0n) is 17.7. The van der Waals surface area contributed by atoms with Gasteiger partial charge < -0.3 is 24.6 Å². The minimum Gasteiger partial charge on any atom is -0.450 e. The molecule has 8 heteroatoms. The smallest absolute Gasteiger partial charge is 0.409 e. The van der Waals surface area contributed by atoms with E-state index in [9.17, 15) is 4.79 Å². The molecule has 0 atom stereocenters. The fourth-order valence-electron chi connectivity index (χ4n) is 3.73. The van der Waals surface area contributed by atoms with Crippen LogP contribution >= 0.6 is 24.0 Å². The van der Waals surface area contributed by atoms with E-state index in [1.165, 1.54) is 38.5 Å². The summed E-state index contributed by atoms with van der Waals surface area (Å²) in [4.78, 5) is 20.1. The standard InChI is InChI=1S/C20H38N4O3.HI/c1-3-26-20(25)24-15-13-23(14-16-24)19(21-2)22-12-8-9-17-27-18-10-6-4-5-7-11-18;/h18H,3-17H2,1-2H3,(H,21,22);1H. The highest BCUT2D eigenvalue weighted by Crippen LogP contribution is 2.19. The molecule has 0 aromatic heterocycles. The molecule has 1 heterocycles. The van der Waals surface area contributed by atoms with Gasteiger partial charge in [0.05, 0.1) is 12.7 Å². The predicted octanol–water partition coefficient (Wildman–Crippen LogP) is 3.47. The first-order valence-electron chi connectivity index (χ1n) is 10.7. The summed E-state index contributed by atoms with van der Waals surface area (Å²) in [5.41, 5.74) is 0. The van der Waals surface area contributed by atoms with E-state index in [0.29, 0.717) is 25.8 Å². The lowest BCUT2D eigenvalue weighted by molar-refractivity contribution is 0.0411. The second-order valence-corrected chi connectivity index (χ2v) is 7.34. The van der Waals surface area contributed by atoms with E-state index in [0.717, 1.165) is 45.0 Å². The molecule has 7 nitrogen and oxygen atoms in total. The highest BCUT2D eigenvalue weighted by Gasteiger charge is 2.23. The topological polar surface area (TPSA) is 66.4 Å². The van der Waals surface area contributed by atoms with Gasteiger partial charge in [0.25, 0.3) is 0 Å². The van der Waals surface area contributed by atoms with Crippen molar-refractivity contribution in [1.82, 2.24) is 15.1 Å². The van der Waals surface area contributed by atoms with Crippen LogP contribution in [0.1, 0.15) is 58.3 Å². The molecule has 1 saturated heterocycles. The van der Waals surface area contributed by atoms with Gasteiger partial charge in [0, 0.05) is 46.4 Å². The summed E-state index contributed by atoms with van der Waals surface area (Å²) in [6.45, 7) is 6.94. The molecule has 0 radical (unpaired) electrons. The van der Waals surface area contributed by atoms with Gasteiger partial charge in [-0.25, -0.2) is 4.79 Å². The number of halogens is 1. The Balaban J connectivity index is 0.00000392. The molecule has 1 N–H and O–H groups in total. The van der Waals surface area contributed by atoms with Gasteiger partial charge >= 0.3 is 6.09 Å². The van der Waals surface area contributed by atoms with Gasteiger partial charge in [-0.2, -0.15) is 0 Å². The summed E-state index contributed by atoms with van der Waals surface area (Å²) in [6.07, 6.45) is 10.3. The van der Waals surface area contributed by atoms with E-state index in [1.807, 2.05) is 14.0 Å². The quantitative estimate of drug-likeness (QED) is 0.187. The Kier molecular flexibility index (Phi) is 13.6. The Hall–Kier alpha value is -0.770. The number of aliphatic imine (C=N–C) groups is 1. The minimum atomic E-state index is -0.214. The molecule has 2 fully saturated rings.